The zero-order chi connectivity index (χ0) is 31.4. The number of fused-ring (bicyclic) bond motifs is 3. The third kappa shape index (κ3) is 5.59. The second kappa shape index (κ2) is 11.7. The number of aliphatic hydroxyl groups excluding tert-OH is 2. The van der Waals surface area contributed by atoms with E-state index >= 15 is 0 Å². The van der Waals surface area contributed by atoms with Gasteiger partial charge in [-0.05, 0) is 52.5 Å². The molecule has 5 aliphatic heterocycles. The lowest BCUT2D eigenvalue weighted by Gasteiger charge is -2.53. The summed E-state index contributed by atoms with van der Waals surface area (Å²) >= 11 is 0. The van der Waals surface area contributed by atoms with Crippen molar-refractivity contribution in [1.82, 2.24) is 10.2 Å². The second-order valence-electron chi connectivity index (χ2n) is 13.1. The predicted octanol–water partition coefficient (Wildman–Crippen LogP) is 2.68. The Morgan fingerprint density at radius 1 is 1.14 bits per heavy atom. The van der Waals surface area contributed by atoms with E-state index in [2.05, 4.69) is 19.2 Å². The summed E-state index contributed by atoms with van der Waals surface area (Å²) in [6, 6.07) is -1.14. The Hall–Kier alpha value is -2.57. The summed E-state index contributed by atoms with van der Waals surface area (Å²) in [6.07, 6.45) is 5.51. The van der Waals surface area contributed by atoms with E-state index < -0.39 is 59.5 Å². The van der Waals surface area contributed by atoms with Gasteiger partial charge in [-0.3, -0.25) is 14.4 Å². The molecule has 43 heavy (non-hydrogen) atoms. The van der Waals surface area contributed by atoms with Crippen LogP contribution in [0.25, 0.3) is 0 Å². The highest BCUT2D eigenvalue weighted by Gasteiger charge is 2.67. The Labute approximate surface area is 253 Å². The minimum absolute atomic E-state index is 0.0119. The van der Waals surface area contributed by atoms with Crippen LogP contribution >= 0.6 is 0 Å². The highest BCUT2D eigenvalue weighted by atomic mass is 16.8. The van der Waals surface area contributed by atoms with Crippen molar-refractivity contribution in [2.45, 2.75) is 115 Å². The second-order valence-corrected chi connectivity index (χ2v) is 13.1. The molecule has 0 aromatic heterocycles. The molecule has 11 heteroatoms. The van der Waals surface area contributed by atoms with Gasteiger partial charge in [0, 0.05) is 18.9 Å². The van der Waals surface area contributed by atoms with Gasteiger partial charge in [0.15, 0.2) is 11.6 Å². The molecule has 5 rings (SSSR count). The Bertz CT molecular complexity index is 1240. The smallest absolute Gasteiger partial charge is 0.264 e. The highest BCUT2D eigenvalue weighted by molar-refractivity contribution is 6.27. The fourth-order valence-electron chi connectivity index (χ4n) is 7.26. The van der Waals surface area contributed by atoms with Gasteiger partial charge < -0.3 is 39.4 Å². The summed E-state index contributed by atoms with van der Waals surface area (Å²) in [5, 5.41) is 23.7. The molecular formula is C32H46N2O9. The molecule has 2 bridgehead atoms. The van der Waals surface area contributed by atoms with E-state index in [1.54, 1.807) is 19.9 Å². The molecule has 11 nitrogen and oxygen atoms in total. The highest BCUT2D eigenvalue weighted by Crippen LogP contribution is 2.55. The number of hydrogen-bond acceptors (Lipinski definition) is 9. The van der Waals surface area contributed by atoms with Gasteiger partial charge in [0.2, 0.25) is 5.91 Å². The van der Waals surface area contributed by atoms with Crippen LogP contribution in [0.5, 0.6) is 0 Å². The monoisotopic (exact) mass is 602 g/mol. The minimum atomic E-state index is -1.14. The summed E-state index contributed by atoms with van der Waals surface area (Å²) in [5.41, 5.74) is 0.0790. The quantitative estimate of drug-likeness (QED) is 0.132. The average Bonchev–Trinajstić information content (AvgIpc) is 3.71. The molecule has 5 saturated heterocycles. The molecule has 5 fully saturated rings. The molecule has 5 heterocycles. The maximum Gasteiger partial charge on any atom is 0.264 e. The number of nitrogens with zero attached hydrogens (tertiary/aromatic N) is 1. The van der Waals surface area contributed by atoms with Crippen molar-refractivity contribution >= 4 is 17.6 Å². The van der Waals surface area contributed by atoms with Crippen molar-refractivity contribution in [3.8, 4) is 0 Å². The molecule has 2 amide bonds. The molecular weight excluding hydrogens is 556 g/mol. The largest absolute Gasteiger partial charge is 0.507 e. The molecule has 3 N–H and O–H groups in total. The predicted molar refractivity (Wildman–Crippen MR) is 155 cm³/mol. The van der Waals surface area contributed by atoms with Crippen LogP contribution < -0.4 is 5.32 Å². The van der Waals surface area contributed by atoms with Crippen molar-refractivity contribution in [1.29, 1.82) is 0 Å². The zero-order valence-corrected chi connectivity index (χ0v) is 26.2. The standard InChI is InChI=1S/C32H46N2O9/c1-16(14-17(2)28-18(3)23-12-13-32(15-40-32)31(6,42-23)43-28)8-9-22(36)25-27(37)26(19(4)29(38)33-7)34(30(25)39)24-11-10-21(35)20(5)41-24/h8-9,14,17-21,23-24,26,28,35-36H,10-13,15H2,1-7H3,(H,33,38)/b9-8+,16-14+,25-22+/t17-,18-,19+,20+,21+,23+,24+,26+,28+,31+,32-/m1/s1. The lowest BCUT2D eigenvalue weighted by atomic mass is 9.78. The van der Waals surface area contributed by atoms with Crippen molar-refractivity contribution in [3.05, 3.63) is 35.1 Å². The first kappa shape index (κ1) is 31.8. The number of nitrogens with one attached hydrogen (secondary N) is 1. The molecule has 5 aliphatic rings. The number of rotatable bonds is 7. The number of ketones is 1. The summed E-state index contributed by atoms with van der Waals surface area (Å²) in [5.74, 6) is -3.70. The molecule has 1 spiro atoms. The van der Waals surface area contributed by atoms with Gasteiger partial charge in [-0.15, -0.1) is 0 Å². The molecule has 0 aliphatic carbocycles. The third-order valence-corrected chi connectivity index (χ3v) is 10.1. The Kier molecular flexibility index (Phi) is 8.69. The Morgan fingerprint density at radius 2 is 1.84 bits per heavy atom. The number of hydrogen-bond donors (Lipinski definition) is 3. The number of carbonyl (C=O) groups excluding carboxylic acids is 3. The van der Waals surface area contributed by atoms with Gasteiger partial charge >= 0.3 is 0 Å². The van der Waals surface area contributed by atoms with E-state index in [4.69, 9.17) is 18.9 Å². The third-order valence-electron chi connectivity index (χ3n) is 10.1. The van der Waals surface area contributed by atoms with Crippen LogP contribution in [0.4, 0.5) is 0 Å². The summed E-state index contributed by atoms with van der Waals surface area (Å²) in [7, 11) is 1.46. The Morgan fingerprint density at radius 3 is 2.47 bits per heavy atom. The van der Waals surface area contributed by atoms with Crippen LogP contribution in [0.1, 0.15) is 67.2 Å². The summed E-state index contributed by atoms with van der Waals surface area (Å²) in [4.78, 5) is 41.1. The van der Waals surface area contributed by atoms with Crippen molar-refractivity contribution < 1.29 is 43.5 Å². The van der Waals surface area contributed by atoms with Crippen LogP contribution in [-0.2, 0) is 33.3 Å². The molecule has 0 unspecified atom stereocenters. The molecule has 11 atom stereocenters. The minimum Gasteiger partial charge on any atom is -0.507 e. The van der Waals surface area contributed by atoms with Gasteiger partial charge in [-0.25, -0.2) is 0 Å². The van der Waals surface area contributed by atoms with Gasteiger partial charge in [0.05, 0.1) is 36.9 Å². The summed E-state index contributed by atoms with van der Waals surface area (Å²) in [6.45, 7) is 12.0. The fraction of sp³-hybridized carbons (Fsp3) is 0.719. The van der Waals surface area contributed by atoms with Crippen LogP contribution in [-0.4, -0.2) is 94.4 Å². The van der Waals surface area contributed by atoms with E-state index in [0.717, 1.165) is 18.4 Å². The molecule has 0 aromatic carbocycles. The van der Waals surface area contributed by atoms with Crippen LogP contribution in [0.3, 0.4) is 0 Å². The van der Waals surface area contributed by atoms with Gasteiger partial charge in [0.25, 0.3) is 5.91 Å². The number of allylic oxidation sites excluding steroid dienone is 3. The number of amides is 2. The van der Waals surface area contributed by atoms with Crippen molar-refractivity contribution in [2.75, 3.05) is 13.7 Å². The number of aliphatic hydroxyl groups is 2. The van der Waals surface area contributed by atoms with E-state index in [1.807, 2.05) is 19.9 Å². The normalized spacial score (nSPS) is 42.4. The van der Waals surface area contributed by atoms with Crippen molar-refractivity contribution in [3.63, 3.8) is 0 Å². The number of epoxide rings is 1. The number of carbonyl (C=O) groups is 3. The van der Waals surface area contributed by atoms with Crippen LogP contribution in [0, 0.1) is 17.8 Å². The maximum absolute atomic E-state index is 13.6. The molecule has 0 aromatic rings. The SMILES string of the molecule is CNC(=O)[C@@H](C)[C@H]1C(=O)/C(=C(O)/C=C/C(C)=C/[C@@H](C)[C@@H]2O[C@]3(C)O[C@@H](CC[C@@]34CO4)[C@H]2C)C(=O)N1[C@@H]1CC[C@H](O)[C@H](C)O1. The molecule has 0 radical (unpaired) electrons. The molecule has 0 saturated carbocycles. The van der Waals surface area contributed by atoms with Gasteiger partial charge in [-0.1, -0.05) is 38.5 Å². The molecule has 238 valence electrons. The first-order valence-corrected chi connectivity index (χ1v) is 15.4. The Balaban J connectivity index is 1.36. The lowest BCUT2D eigenvalue weighted by Crippen LogP contribution is -2.63. The number of likely N-dealkylation sites (tertiary alicyclic amines) is 1. The zero-order valence-electron chi connectivity index (χ0n) is 26.2. The number of ether oxygens (including phenoxy) is 4. The van der Waals surface area contributed by atoms with E-state index in [9.17, 15) is 24.6 Å². The average molecular weight is 603 g/mol. The maximum atomic E-state index is 13.6. The van der Waals surface area contributed by atoms with Gasteiger partial charge in [0.1, 0.15) is 29.2 Å². The topological polar surface area (TPSA) is 147 Å². The van der Waals surface area contributed by atoms with Crippen LogP contribution in [0.2, 0.25) is 0 Å². The van der Waals surface area contributed by atoms with E-state index in [0.29, 0.717) is 19.4 Å². The van der Waals surface area contributed by atoms with Crippen molar-refractivity contribution in [2.24, 2.45) is 17.8 Å². The van der Waals surface area contributed by atoms with E-state index in [1.165, 1.54) is 18.0 Å². The summed E-state index contributed by atoms with van der Waals surface area (Å²) < 4.78 is 24.5. The fourth-order valence-corrected chi connectivity index (χ4v) is 7.26. The van der Waals surface area contributed by atoms with Crippen LogP contribution in [0.15, 0.2) is 35.1 Å². The number of Topliss-reactive ketones (excluding diaryl/α,β-unsaturated/α-hetero) is 1. The first-order valence-electron chi connectivity index (χ1n) is 15.4. The van der Waals surface area contributed by atoms with E-state index in [-0.39, 0.29) is 35.2 Å². The van der Waals surface area contributed by atoms with Gasteiger partial charge in [-0.2, -0.15) is 0 Å². The first-order chi connectivity index (χ1) is 20.2. The lowest BCUT2D eigenvalue weighted by molar-refractivity contribution is -0.373.